The van der Waals surface area contributed by atoms with Crippen LogP contribution in [0, 0.1) is 0 Å². The smallest absolute Gasteiger partial charge is 0.462 e. The van der Waals surface area contributed by atoms with Crippen molar-refractivity contribution in [1.29, 1.82) is 0 Å². The molecule has 0 radical (unpaired) electrons. The highest BCUT2D eigenvalue weighted by Crippen LogP contribution is 2.43. The Kier molecular flexibility index (Phi) is 42.9. The van der Waals surface area contributed by atoms with Crippen LogP contribution in [-0.2, 0) is 32.7 Å². The van der Waals surface area contributed by atoms with E-state index in [4.69, 9.17) is 18.5 Å². The fourth-order valence-corrected chi connectivity index (χ4v) is 8.09. The van der Waals surface area contributed by atoms with Crippen LogP contribution in [0.1, 0.15) is 265 Å². The van der Waals surface area contributed by atoms with Crippen molar-refractivity contribution < 1.29 is 37.6 Å². The molecule has 0 aliphatic heterocycles. The van der Waals surface area contributed by atoms with Gasteiger partial charge in [0, 0.05) is 12.8 Å². The van der Waals surface area contributed by atoms with Gasteiger partial charge in [-0.3, -0.25) is 18.6 Å². The van der Waals surface area contributed by atoms with Crippen LogP contribution >= 0.6 is 7.82 Å². The fourth-order valence-electron chi connectivity index (χ4n) is 7.34. The number of ether oxygens (including phenoxy) is 2. The van der Waals surface area contributed by atoms with E-state index in [1.165, 1.54) is 193 Å². The first-order valence-electron chi connectivity index (χ1n) is 24.3. The third kappa shape index (κ3) is 42.7. The van der Waals surface area contributed by atoms with E-state index >= 15 is 0 Å². The molecule has 0 aliphatic carbocycles. The number of esters is 2. The normalized spacial score (nSPS) is 13.1. The first kappa shape index (κ1) is 55.0. The third-order valence-electron chi connectivity index (χ3n) is 10.9. The average molecular weight is 817 g/mol. The van der Waals surface area contributed by atoms with Gasteiger partial charge in [0.15, 0.2) is 6.10 Å². The molecule has 0 aromatic heterocycles. The van der Waals surface area contributed by atoms with E-state index in [1.807, 2.05) is 0 Å². The molecule has 8 nitrogen and oxygen atoms in total. The Morgan fingerprint density at radius 2 is 0.696 bits per heavy atom. The topological polar surface area (TPSA) is 108 Å². The molecule has 2 atom stereocenters. The van der Waals surface area contributed by atoms with Crippen molar-refractivity contribution in [3.8, 4) is 0 Å². The molecule has 0 saturated carbocycles. The second-order valence-electron chi connectivity index (χ2n) is 16.5. The second-order valence-corrected chi connectivity index (χ2v) is 18.0. The van der Waals surface area contributed by atoms with Crippen LogP contribution in [0.4, 0.5) is 0 Å². The molecular formula is C47H93O8P. The zero-order chi connectivity index (χ0) is 41.1. The van der Waals surface area contributed by atoms with Gasteiger partial charge < -0.3 is 14.4 Å². The summed E-state index contributed by atoms with van der Waals surface area (Å²) in [7, 11) is -4.27. The van der Waals surface area contributed by atoms with Crippen molar-refractivity contribution >= 4 is 19.8 Å². The van der Waals surface area contributed by atoms with Crippen molar-refractivity contribution in [2.45, 2.75) is 271 Å². The first-order chi connectivity index (χ1) is 27.3. The molecular weight excluding hydrogens is 723 g/mol. The number of carbonyl (C=O) groups excluding carboxylic acids is 2. The zero-order valence-electron chi connectivity index (χ0n) is 37.3. The molecule has 2 unspecified atom stereocenters. The Balaban J connectivity index is 3.88. The molecule has 0 spiro atoms. The highest BCUT2D eigenvalue weighted by molar-refractivity contribution is 7.47. The van der Waals surface area contributed by atoms with Gasteiger partial charge in [-0.25, -0.2) is 4.57 Å². The lowest BCUT2D eigenvalue weighted by molar-refractivity contribution is -0.161. The van der Waals surface area contributed by atoms with Gasteiger partial charge in [-0.05, 0) is 19.8 Å². The van der Waals surface area contributed by atoms with Gasteiger partial charge in [0.1, 0.15) is 6.61 Å². The summed E-state index contributed by atoms with van der Waals surface area (Å²) in [6.07, 6.45) is 46.0. The minimum atomic E-state index is -4.27. The lowest BCUT2D eigenvalue weighted by Gasteiger charge is -2.19. The number of hydrogen-bond donors (Lipinski definition) is 1. The number of rotatable bonds is 46. The summed E-state index contributed by atoms with van der Waals surface area (Å²) >= 11 is 0. The summed E-state index contributed by atoms with van der Waals surface area (Å²) in [6.45, 7) is 5.53. The van der Waals surface area contributed by atoms with Gasteiger partial charge in [-0.1, -0.05) is 232 Å². The Bertz CT molecular complexity index is 884. The van der Waals surface area contributed by atoms with E-state index in [-0.39, 0.29) is 32.2 Å². The summed E-state index contributed by atoms with van der Waals surface area (Å²) in [6, 6.07) is 0. The molecule has 56 heavy (non-hydrogen) atoms. The van der Waals surface area contributed by atoms with Gasteiger partial charge in [-0.15, -0.1) is 0 Å². The van der Waals surface area contributed by atoms with Crippen LogP contribution in [-0.4, -0.2) is 42.8 Å². The van der Waals surface area contributed by atoms with Crippen LogP contribution < -0.4 is 0 Å². The number of phosphoric ester groups is 1. The minimum Gasteiger partial charge on any atom is -0.462 e. The summed E-state index contributed by atoms with van der Waals surface area (Å²) in [4.78, 5) is 34.8. The predicted molar refractivity (Wildman–Crippen MR) is 235 cm³/mol. The van der Waals surface area contributed by atoms with Crippen molar-refractivity contribution in [1.82, 2.24) is 0 Å². The standard InChI is InChI=1S/C47H93O8P/c1-4-7-9-11-13-15-17-19-20-21-22-23-24-25-26-27-28-29-30-32-34-36-38-40-42-47(49)55-45(44-54-56(50,51)53-6-3)43-52-46(48)41-39-37-35-33-31-18-16-14-12-10-8-5-2/h45H,4-44H2,1-3H3,(H,50,51). The Morgan fingerprint density at radius 3 is 1.00 bits per heavy atom. The van der Waals surface area contributed by atoms with Gasteiger partial charge >= 0.3 is 19.8 Å². The number of phosphoric acid groups is 1. The second kappa shape index (κ2) is 43.6. The van der Waals surface area contributed by atoms with E-state index in [9.17, 15) is 19.0 Å². The maximum Gasteiger partial charge on any atom is 0.472 e. The van der Waals surface area contributed by atoms with Gasteiger partial charge in [0.05, 0.1) is 13.2 Å². The molecule has 0 bridgehead atoms. The Labute approximate surface area is 347 Å². The fraction of sp³-hybridized carbons (Fsp3) is 0.957. The predicted octanol–water partition coefficient (Wildman–Crippen LogP) is 15.5. The van der Waals surface area contributed by atoms with E-state index < -0.39 is 19.9 Å². The van der Waals surface area contributed by atoms with Crippen molar-refractivity contribution in [2.75, 3.05) is 19.8 Å². The van der Waals surface area contributed by atoms with Gasteiger partial charge in [0.25, 0.3) is 0 Å². The van der Waals surface area contributed by atoms with E-state index in [0.29, 0.717) is 6.42 Å². The third-order valence-corrected chi connectivity index (χ3v) is 12.0. The quantitative estimate of drug-likeness (QED) is 0.0368. The number of hydrogen-bond acceptors (Lipinski definition) is 7. The van der Waals surface area contributed by atoms with Crippen LogP contribution in [0.25, 0.3) is 0 Å². The van der Waals surface area contributed by atoms with E-state index in [1.54, 1.807) is 6.92 Å². The molecule has 0 heterocycles. The highest BCUT2D eigenvalue weighted by Gasteiger charge is 2.25. The molecule has 0 amide bonds. The summed E-state index contributed by atoms with van der Waals surface area (Å²) in [5, 5.41) is 0. The van der Waals surface area contributed by atoms with Crippen molar-refractivity contribution in [2.24, 2.45) is 0 Å². The van der Waals surface area contributed by atoms with Gasteiger partial charge in [0.2, 0.25) is 0 Å². The molecule has 0 saturated heterocycles. The maximum atomic E-state index is 12.6. The lowest BCUT2D eigenvalue weighted by atomic mass is 10.0. The molecule has 0 fully saturated rings. The van der Waals surface area contributed by atoms with Crippen LogP contribution in [0.15, 0.2) is 0 Å². The van der Waals surface area contributed by atoms with Gasteiger partial charge in [-0.2, -0.15) is 0 Å². The molecule has 9 heteroatoms. The number of unbranched alkanes of at least 4 members (excludes halogenated alkanes) is 34. The van der Waals surface area contributed by atoms with Crippen LogP contribution in [0.5, 0.6) is 0 Å². The SMILES string of the molecule is CCCCCCCCCCCCCCCCCCCCCCCCCCC(=O)OC(COC(=O)CCCCCCCCCCCCCC)COP(=O)(O)OCC. The Hall–Kier alpha value is -0.950. The largest absolute Gasteiger partial charge is 0.472 e. The van der Waals surface area contributed by atoms with Crippen molar-refractivity contribution in [3.05, 3.63) is 0 Å². The highest BCUT2D eigenvalue weighted by atomic mass is 31.2. The summed E-state index contributed by atoms with van der Waals surface area (Å²) in [5.74, 6) is -0.779. The van der Waals surface area contributed by atoms with Crippen LogP contribution in [0.2, 0.25) is 0 Å². The number of carbonyl (C=O) groups is 2. The molecule has 0 aliphatic rings. The monoisotopic (exact) mass is 817 g/mol. The Morgan fingerprint density at radius 1 is 0.411 bits per heavy atom. The van der Waals surface area contributed by atoms with Crippen LogP contribution in [0.3, 0.4) is 0 Å². The van der Waals surface area contributed by atoms with E-state index in [2.05, 4.69) is 13.8 Å². The minimum absolute atomic E-state index is 0.00578. The maximum absolute atomic E-state index is 12.6. The summed E-state index contributed by atoms with van der Waals surface area (Å²) in [5.41, 5.74) is 0. The first-order valence-corrected chi connectivity index (χ1v) is 25.8. The van der Waals surface area contributed by atoms with Crippen molar-refractivity contribution in [3.63, 3.8) is 0 Å². The molecule has 334 valence electrons. The molecule has 0 rings (SSSR count). The van der Waals surface area contributed by atoms with E-state index in [0.717, 1.165) is 38.5 Å². The molecule has 1 N–H and O–H groups in total. The summed E-state index contributed by atoms with van der Waals surface area (Å²) < 4.78 is 32.7. The average Bonchev–Trinajstić information content (AvgIpc) is 3.18. The molecule has 0 aromatic rings. The lowest BCUT2D eigenvalue weighted by Crippen LogP contribution is -2.29. The zero-order valence-corrected chi connectivity index (χ0v) is 38.2. The molecule has 0 aromatic carbocycles.